The third-order valence-corrected chi connectivity index (χ3v) is 8.33. The van der Waals surface area contributed by atoms with E-state index in [0.29, 0.717) is 9.80 Å². The molecule has 2 heterocycles. The van der Waals surface area contributed by atoms with E-state index < -0.39 is 110 Å². The third-order valence-electron chi connectivity index (χ3n) is 6.63. The van der Waals surface area contributed by atoms with E-state index in [4.69, 9.17) is 4.74 Å². The highest BCUT2D eigenvalue weighted by atomic mass is 32.2. The van der Waals surface area contributed by atoms with Crippen LogP contribution in [0, 0.1) is 0 Å². The Hall–Kier alpha value is -3.68. The maximum Gasteiger partial charge on any atom is 0.466 e. The fourth-order valence-corrected chi connectivity index (χ4v) is 4.17. The number of hydrogen-bond acceptors (Lipinski definition) is 16. The summed E-state index contributed by atoms with van der Waals surface area (Å²) < 4.78 is 219. The van der Waals surface area contributed by atoms with Crippen LogP contribution in [-0.4, -0.2) is 160 Å². The number of carbonyl (C=O) groups is 4. The van der Waals surface area contributed by atoms with Gasteiger partial charge < -0.3 is 47.9 Å². The summed E-state index contributed by atoms with van der Waals surface area (Å²) in [6, 6.07) is 0. The van der Waals surface area contributed by atoms with Crippen LogP contribution in [0.15, 0.2) is 24.8 Å². The Morgan fingerprint density at radius 3 is 1.42 bits per heavy atom. The van der Waals surface area contributed by atoms with Crippen molar-refractivity contribution in [2.24, 2.45) is 0 Å². The molecule has 1 N–H and O–H groups in total. The van der Waals surface area contributed by atoms with Gasteiger partial charge in [-0.1, -0.05) is 13.2 Å². The van der Waals surface area contributed by atoms with Crippen LogP contribution in [-0.2, 0) is 63.1 Å². The van der Waals surface area contributed by atoms with Crippen molar-refractivity contribution >= 4 is 44.0 Å². The molecule has 2 amide bonds. The molecular formula is C25H29F10N3O15S2-2. The molecule has 0 aromatic carbocycles. The molecule has 18 nitrogen and oxygen atoms in total. The van der Waals surface area contributed by atoms with Crippen LogP contribution in [0.4, 0.5) is 43.9 Å². The molecule has 2 fully saturated rings. The molecule has 2 saturated heterocycles. The number of morpholine rings is 1. The van der Waals surface area contributed by atoms with Crippen molar-refractivity contribution in [3.05, 3.63) is 24.8 Å². The van der Waals surface area contributed by atoms with Gasteiger partial charge in [-0.3, -0.25) is 9.59 Å². The molecule has 55 heavy (non-hydrogen) atoms. The molecule has 2 unspecified atom stereocenters. The average molecular weight is 866 g/mol. The second-order valence-electron chi connectivity index (χ2n) is 10.7. The summed E-state index contributed by atoms with van der Waals surface area (Å²) in [4.78, 5) is 48.7. The quantitative estimate of drug-likeness (QED) is 0.0790. The van der Waals surface area contributed by atoms with Crippen LogP contribution in [0.5, 0.6) is 0 Å². The Labute approximate surface area is 303 Å². The molecule has 0 saturated carbocycles. The molecule has 2 atom stereocenters. The lowest BCUT2D eigenvalue weighted by Crippen LogP contribution is -2.65. The van der Waals surface area contributed by atoms with Gasteiger partial charge in [-0.15, -0.1) is 0 Å². The van der Waals surface area contributed by atoms with Crippen LogP contribution in [0.25, 0.3) is 0 Å². The molecule has 0 radical (unpaired) electrons. The fourth-order valence-electron chi connectivity index (χ4n) is 3.76. The van der Waals surface area contributed by atoms with Crippen LogP contribution in [0.1, 0.15) is 6.92 Å². The number of nitrogens with one attached hydrogen (secondary N) is 1. The highest BCUT2D eigenvalue weighted by molar-refractivity contribution is 7.87. The van der Waals surface area contributed by atoms with E-state index in [1.165, 1.54) is 0 Å². The topological polar surface area (TPSA) is 247 Å². The van der Waals surface area contributed by atoms with Crippen molar-refractivity contribution in [2.75, 3.05) is 65.7 Å². The van der Waals surface area contributed by atoms with Crippen molar-refractivity contribution in [3.63, 3.8) is 0 Å². The Balaban J connectivity index is 0.000000550. The van der Waals surface area contributed by atoms with E-state index in [2.05, 4.69) is 37.4 Å². The number of amides is 2. The van der Waals surface area contributed by atoms with Gasteiger partial charge in [-0.25, -0.2) is 26.4 Å². The molecular weight excluding hydrogens is 836 g/mol. The lowest BCUT2D eigenvalue weighted by atomic mass is 10.2. The van der Waals surface area contributed by atoms with Gasteiger partial charge in [0.2, 0.25) is 0 Å². The molecule has 0 bridgehead atoms. The summed E-state index contributed by atoms with van der Waals surface area (Å²) in [6.07, 6.45) is -11.6. The Kier molecular flexibility index (Phi) is 16.2. The first kappa shape index (κ1) is 49.3. The maximum atomic E-state index is 13.7. The number of piperazine rings is 1. The Morgan fingerprint density at radius 2 is 1.09 bits per heavy atom. The molecule has 0 aromatic rings. The van der Waals surface area contributed by atoms with Crippen molar-refractivity contribution in [1.29, 1.82) is 0 Å². The summed E-state index contributed by atoms with van der Waals surface area (Å²) in [5.74, 6) is -17.1. The van der Waals surface area contributed by atoms with Crippen molar-refractivity contribution in [3.8, 4) is 0 Å². The standard InChI is InChI=1S/C13H16F5NO8S.C12H15F5N2O7S/c1-8(2)9(20)27-12(13(16,17)18,10(21)19-3-5-25-6-4-19)26-7-11(14,15)28(22,23)24;1-2-8(20)26-11(12(15,16)17,9(21)19-5-3-18-4-6-19)25-7-10(13,14)27(22,23)24/h1,3-7H2,2H3,(H,22,23,24);2,18H,1,3-7H2,(H,22,23,24)/p-2. The number of nitrogens with zero attached hydrogens (tertiary/aromatic N) is 2. The van der Waals surface area contributed by atoms with Gasteiger partial charge in [-0.05, 0) is 6.92 Å². The second-order valence-corrected chi connectivity index (χ2v) is 13.7. The minimum absolute atomic E-state index is 0.0418. The zero-order chi connectivity index (χ0) is 43.1. The maximum absolute atomic E-state index is 13.7. The summed E-state index contributed by atoms with van der Waals surface area (Å²) in [6.45, 7) is -0.478. The summed E-state index contributed by atoms with van der Waals surface area (Å²) in [5.41, 5.74) is -0.643. The first-order valence-corrected chi connectivity index (χ1v) is 17.2. The van der Waals surface area contributed by atoms with Crippen LogP contribution >= 0.6 is 0 Å². The molecule has 30 heteroatoms. The lowest BCUT2D eigenvalue weighted by molar-refractivity contribution is -0.356. The smallest absolute Gasteiger partial charge is 0.466 e. The first-order chi connectivity index (χ1) is 24.7. The van der Waals surface area contributed by atoms with Crippen LogP contribution < -0.4 is 5.32 Å². The van der Waals surface area contributed by atoms with E-state index in [1.54, 1.807) is 0 Å². The van der Waals surface area contributed by atoms with Crippen LogP contribution in [0.2, 0.25) is 0 Å². The zero-order valence-corrected chi connectivity index (χ0v) is 29.3. The van der Waals surface area contributed by atoms with E-state index in [1.807, 2.05) is 0 Å². The van der Waals surface area contributed by atoms with Gasteiger partial charge in [0.15, 0.2) is 20.2 Å². The van der Waals surface area contributed by atoms with Gasteiger partial charge in [0.25, 0.3) is 0 Å². The van der Waals surface area contributed by atoms with Crippen LogP contribution in [0.3, 0.4) is 0 Å². The Morgan fingerprint density at radius 1 is 0.727 bits per heavy atom. The van der Waals surface area contributed by atoms with E-state index in [9.17, 15) is 89.0 Å². The first-order valence-electron chi connectivity index (χ1n) is 14.4. The molecule has 0 aliphatic carbocycles. The van der Waals surface area contributed by atoms with Gasteiger partial charge in [-0.2, -0.15) is 43.9 Å². The van der Waals surface area contributed by atoms with Gasteiger partial charge in [0.1, 0.15) is 13.2 Å². The third kappa shape index (κ3) is 12.2. The minimum atomic E-state index is -6.44. The Bertz CT molecular complexity index is 1660. The summed E-state index contributed by atoms with van der Waals surface area (Å²) in [7, 11) is -12.9. The largest absolute Gasteiger partial charge is 0.743 e. The number of alkyl halides is 10. The molecule has 2 aliphatic rings. The van der Waals surface area contributed by atoms with Gasteiger partial charge in [0, 0.05) is 50.9 Å². The van der Waals surface area contributed by atoms with E-state index >= 15 is 0 Å². The molecule has 0 spiro atoms. The highest BCUT2D eigenvalue weighted by Crippen LogP contribution is 2.40. The normalized spacial score (nSPS) is 18.4. The highest BCUT2D eigenvalue weighted by Gasteiger charge is 2.69. The van der Waals surface area contributed by atoms with E-state index in [0.717, 1.165) is 6.92 Å². The second kappa shape index (κ2) is 18.1. The van der Waals surface area contributed by atoms with Crippen molar-refractivity contribution in [1.82, 2.24) is 15.1 Å². The number of hydrogen-bond donors (Lipinski definition) is 1. The fraction of sp³-hybridized carbons (Fsp3) is 0.680. The molecule has 318 valence electrons. The number of carbonyl (C=O) groups excluding carboxylic acids is 4. The number of ether oxygens (including phenoxy) is 5. The SMILES string of the molecule is C=C(C)C(=O)OC(OCC(F)(F)S(=O)(=O)[O-])(C(=O)N1CCOCC1)C(F)(F)F.C=CC(=O)OC(OCC(F)(F)S(=O)(=O)[O-])(C(=O)N1CCNCC1)C(F)(F)F. The average Bonchev–Trinajstić information content (AvgIpc) is 3.06. The summed E-state index contributed by atoms with van der Waals surface area (Å²) >= 11 is 0. The molecule has 2 aliphatic heterocycles. The number of rotatable bonds is 14. The molecule has 0 aromatic heterocycles. The van der Waals surface area contributed by atoms with Gasteiger partial charge >= 0.3 is 58.2 Å². The lowest BCUT2D eigenvalue weighted by Gasteiger charge is -2.38. The monoisotopic (exact) mass is 865 g/mol. The van der Waals surface area contributed by atoms with Gasteiger partial charge in [0.05, 0.1) is 13.2 Å². The predicted molar refractivity (Wildman–Crippen MR) is 153 cm³/mol. The summed E-state index contributed by atoms with van der Waals surface area (Å²) in [5, 5.41) is -7.96. The number of esters is 2. The van der Waals surface area contributed by atoms with E-state index in [-0.39, 0.29) is 45.5 Å². The zero-order valence-electron chi connectivity index (χ0n) is 27.7. The predicted octanol–water partition coefficient (Wildman–Crippen LogP) is -0.0617. The van der Waals surface area contributed by atoms with Crippen molar-refractivity contribution in [2.45, 2.75) is 41.4 Å². The number of halogens is 10. The van der Waals surface area contributed by atoms with Crippen molar-refractivity contribution < 1.29 is 113 Å². The molecule has 2 rings (SSSR count). The minimum Gasteiger partial charge on any atom is -0.743 e.